The SMILES string of the molecule is NCCCOC1CCN(C(=O)C2CCN(c3cccc(Cl)c3)C2=O)CC1. The highest BCUT2D eigenvalue weighted by Gasteiger charge is 2.40. The molecule has 0 bridgehead atoms. The third kappa shape index (κ3) is 4.37. The molecule has 2 fully saturated rings. The fraction of sp³-hybridized carbons (Fsp3) is 0.579. The number of rotatable bonds is 6. The normalized spacial score (nSPS) is 21.5. The summed E-state index contributed by atoms with van der Waals surface area (Å²) < 4.78 is 5.78. The van der Waals surface area contributed by atoms with Gasteiger partial charge >= 0.3 is 0 Å². The first-order valence-electron chi connectivity index (χ1n) is 9.27. The van der Waals surface area contributed by atoms with Crippen molar-refractivity contribution in [2.24, 2.45) is 11.7 Å². The van der Waals surface area contributed by atoms with Crippen molar-refractivity contribution < 1.29 is 14.3 Å². The van der Waals surface area contributed by atoms with E-state index < -0.39 is 5.92 Å². The minimum Gasteiger partial charge on any atom is -0.378 e. The molecule has 0 aromatic heterocycles. The van der Waals surface area contributed by atoms with Crippen LogP contribution in [0.25, 0.3) is 0 Å². The molecular weight excluding hydrogens is 354 g/mol. The van der Waals surface area contributed by atoms with Gasteiger partial charge in [0.25, 0.3) is 0 Å². The number of nitrogens with two attached hydrogens (primary N) is 1. The van der Waals surface area contributed by atoms with E-state index in [-0.39, 0.29) is 17.9 Å². The van der Waals surface area contributed by atoms with Crippen molar-refractivity contribution in [3.8, 4) is 0 Å². The lowest BCUT2D eigenvalue weighted by Gasteiger charge is -2.33. The number of hydrogen-bond acceptors (Lipinski definition) is 4. The zero-order valence-electron chi connectivity index (χ0n) is 14.9. The number of nitrogens with zero attached hydrogens (tertiary/aromatic N) is 2. The molecule has 1 unspecified atom stereocenters. The van der Waals surface area contributed by atoms with Crippen LogP contribution in [-0.2, 0) is 14.3 Å². The van der Waals surface area contributed by atoms with Gasteiger partial charge in [0.1, 0.15) is 5.92 Å². The summed E-state index contributed by atoms with van der Waals surface area (Å²) in [5.74, 6) is -0.762. The van der Waals surface area contributed by atoms with Crippen molar-refractivity contribution in [1.29, 1.82) is 0 Å². The van der Waals surface area contributed by atoms with Crippen molar-refractivity contribution in [2.45, 2.75) is 31.8 Å². The molecule has 2 aliphatic heterocycles. The molecular formula is C19H26ClN3O3. The maximum Gasteiger partial charge on any atom is 0.239 e. The summed E-state index contributed by atoms with van der Waals surface area (Å²) in [5, 5.41) is 0.585. The van der Waals surface area contributed by atoms with Gasteiger partial charge in [-0.25, -0.2) is 0 Å². The highest BCUT2D eigenvalue weighted by Crippen LogP contribution is 2.29. The van der Waals surface area contributed by atoms with Gasteiger partial charge in [-0.3, -0.25) is 9.59 Å². The number of amides is 2. The van der Waals surface area contributed by atoms with Crippen LogP contribution in [0.3, 0.4) is 0 Å². The first-order chi connectivity index (χ1) is 12.6. The van der Waals surface area contributed by atoms with Crippen LogP contribution in [0.4, 0.5) is 5.69 Å². The Morgan fingerprint density at radius 3 is 2.69 bits per heavy atom. The topological polar surface area (TPSA) is 75.9 Å². The molecule has 0 saturated carbocycles. The molecule has 0 aliphatic carbocycles. The number of piperidine rings is 1. The van der Waals surface area contributed by atoms with Gasteiger partial charge in [0.2, 0.25) is 11.8 Å². The van der Waals surface area contributed by atoms with Gasteiger partial charge in [0.05, 0.1) is 6.10 Å². The molecule has 0 radical (unpaired) electrons. The first-order valence-corrected chi connectivity index (χ1v) is 9.65. The van der Waals surface area contributed by atoms with Gasteiger partial charge in [-0.05, 0) is 50.4 Å². The van der Waals surface area contributed by atoms with Gasteiger partial charge in [0, 0.05) is 37.0 Å². The summed E-state index contributed by atoms with van der Waals surface area (Å²) in [6, 6.07) is 7.20. The Labute approximate surface area is 159 Å². The second-order valence-corrected chi connectivity index (χ2v) is 7.29. The van der Waals surface area contributed by atoms with Crippen LogP contribution in [0.1, 0.15) is 25.7 Å². The third-order valence-corrected chi connectivity index (χ3v) is 5.31. The Hall–Kier alpha value is -1.63. The lowest BCUT2D eigenvalue weighted by atomic mass is 10.0. The minimum absolute atomic E-state index is 0.0556. The second-order valence-electron chi connectivity index (χ2n) is 6.85. The molecule has 1 aromatic carbocycles. The van der Waals surface area contributed by atoms with Crippen LogP contribution in [0.5, 0.6) is 0 Å². The Bertz CT molecular complexity index is 647. The number of anilines is 1. The van der Waals surface area contributed by atoms with E-state index in [9.17, 15) is 9.59 Å². The number of carbonyl (C=O) groups excluding carboxylic acids is 2. The zero-order valence-corrected chi connectivity index (χ0v) is 15.7. The van der Waals surface area contributed by atoms with E-state index in [0.29, 0.717) is 44.2 Å². The highest BCUT2D eigenvalue weighted by atomic mass is 35.5. The summed E-state index contributed by atoms with van der Waals surface area (Å²) in [6.07, 6.45) is 3.23. The molecule has 2 heterocycles. The molecule has 3 rings (SSSR count). The van der Waals surface area contributed by atoms with E-state index in [1.165, 1.54) is 0 Å². The van der Waals surface area contributed by atoms with E-state index in [4.69, 9.17) is 22.1 Å². The lowest BCUT2D eigenvalue weighted by molar-refractivity contribution is -0.141. The van der Waals surface area contributed by atoms with E-state index in [0.717, 1.165) is 24.9 Å². The first kappa shape index (κ1) is 19.1. The van der Waals surface area contributed by atoms with Crippen LogP contribution in [0.15, 0.2) is 24.3 Å². The Morgan fingerprint density at radius 2 is 2.00 bits per heavy atom. The summed E-state index contributed by atoms with van der Waals surface area (Å²) in [5.41, 5.74) is 6.23. The average Bonchev–Trinajstić information content (AvgIpc) is 3.03. The minimum atomic E-state index is -0.580. The molecule has 0 spiro atoms. The molecule has 2 aliphatic rings. The third-order valence-electron chi connectivity index (χ3n) is 5.08. The number of carbonyl (C=O) groups is 2. The standard InChI is InChI=1S/C19H26ClN3O3/c20-14-3-1-4-15(13-14)23-11-7-17(19(23)25)18(24)22-9-5-16(6-10-22)26-12-2-8-21/h1,3-4,13,16-17H,2,5-12,21H2. The predicted octanol–water partition coefficient (Wildman–Crippen LogP) is 2.05. The van der Waals surface area contributed by atoms with Crippen molar-refractivity contribution in [2.75, 3.05) is 37.7 Å². The summed E-state index contributed by atoms with van der Waals surface area (Å²) >= 11 is 6.02. The van der Waals surface area contributed by atoms with E-state index in [2.05, 4.69) is 0 Å². The van der Waals surface area contributed by atoms with E-state index >= 15 is 0 Å². The largest absolute Gasteiger partial charge is 0.378 e. The fourth-order valence-corrected chi connectivity index (χ4v) is 3.79. The van der Waals surface area contributed by atoms with Crippen LogP contribution < -0.4 is 10.6 Å². The van der Waals surface area contributed by atoms with E-state index in [1.807, 2.05) is 17.0 Å². The molecule has 2 amide bonds. The summed E-state index contributed by atoms with van der Waals surface area (Å²) in [4.78, 5) is 29.0. The van der Waals surface area contributed by atoms with Crippen LogP contribution >= 0.6 is 11.6 Å². The number of halogens is 1. The van der Waals surface area contributed by atoms with Gasteiger partial charge in [-0.1, -0.05) is 17.7 Å². The van der Waals surface area contributed by atoms with Crippen LogP contribution in [-0.4, -0.2) is 55.6 Å². The van der Waals surface area contributed by atoms with Crippen molar-refractivity contribution >= 4 is 29.1 Å². The predicted molar refractivity (Wildman–Crippen MR) is 101 cm³/mol. The molecule has 1 aromatic rings. The van der Waals surface area contributed by atoms with Gasteiger partial charge in [-0.2, -0.15) is 0 Å². The molecule has 1 atom stereocenters. The van der Waals surface area contributed by atoms with Crippen molar-refractivity contribution in [3.63, 3.8) is 0 Å². The molecule has 26 heavy (non-hydrogen) atoms. The number of likely N-dealkylation sites (tertiary alicyclic amines) is 1. The molecule has 2 saturated heterocycles. The Balaban J connectivity index is 1.54. The molecule has 2 N–H and O–H groups in total. The second kappa shape index (κ2) is 8.84. The van der Waals surface area contributed by atoms with Crippen LogP contribution in [0, 0.1) is 5.92 Å². The lowest BCUT2D eigenvalue weighted by Crippen LogP contribution is -2.45. The van der Waals surface area contributed by atoms with Gasteiger partial charge in [-0.15, -0.1) is 0 Å². The van der Waals surface area contributed by atoms with Gasteiger partial charge < -0.3 is 20.3 Å². The van der Waals surface area contributed by atoms with Crippen molar-refractivity contribution in [1.82, 2.24) is 4.90 Å². The number of ether oxygens (including phenoxy) is 1. The quantitative estimate of drug-likeness (QED) is 0.606. The molecule has 7 heteroatoms. The van der Waals surface area contributed by atoms with Gasteiger partial charge in [0.15, 0.2) is 0 Å². The van der Waals surface area contributed by atoms with Crippen LogP contribution in [0.2, 0.25) is 5.02 Å². The maximum atomic E-state index is 12.8. The monoisotopic (exact) mass is 379 g/mol. The maximum absolute atomic E-state index is 12.8. The summed E-state index contributed by atoms with van der Waals surface area (Å²) in [6.45, 7) is 3.14. The van der Waals surface area contributed by atoms with E-state index in [1.54, 1.807) is 17.0 Å². The Morgan fingerprint density at radius 1 is 1.23 bits per heavy atom. The smallest absolute Gasteiger partial charge is 0.239 e. The number of benzene rings is 1. The Kier molecular flexibility index (Phi) is 6.51. The zero-order chi connectivity index (χ0) is 18.5. The molecule has 142 valence electrons. The van der Waals surface area contributed by atoms with Crippen molar-refractivity contribution in [3.05, 3.63) is 29.3 Å². The molecule has 6 nitrogen and oxygen atoms in total. The average molecular weight is 380 g/mol. The fourth-order valence-electron chi connectivity index (χ4n) is 3.61. The number of hydrogen-bond donors (Lipinski definition) is 1. The highest BCUT2D eigenvalue weighted by molar-refractivity contribution is 6.31. The summed E-state index contributed by atoms with van der Waals surface area (Å²) in [7, 11) is 0.